The molecule has 10 rings (SSSR count). The predicted octanol–water partition coefficient (Wildman–Crippen LogP) is 12.0. The van der Waals surface area contributed by atoms with Gasteiger partial charge in [-0.2, -0.15) is 0 Å². The monoisotopic (exact) mass is 560 g/mol. The van der Waals surface area contributed by atoms with E-state index in [1.54, 1.807) is 0 Å². The van der Waals surface area contributed by atoms with Crippen LogP contribution in [0.3, 0.4) is 0 Å². The molecule has 8 aromatic rings. The molecule has 1 aromatic heterocycles. The van der Waals surface area contributed by atoms with Crippen LogP contribution in [0.2, 0.25) is 0 Å². The van der Waals surface area contributed by atoms with E-state index < -0.39 is 0 Å². The molecular formula is C43H28O. The number of benzene rings is 7. The van der Waals surface area contributed by atoms with E-state index in [1.807, 2.05) is 0 Å². The van der Waals surface area contributed by atoms with Gasteiger partial charge in [-0.3, -0.25) is 0 Å². The zero-order valence-corrected chi connectivity index (χ0v) is 24.6. The highest BCUT2D eigenvalue weighted by molar-refractivity contribution is 6.30. The Hall–Kier alpha value is -5.40. The van der Waals surface area contributed by atoms with Gasteiger partial charge in [-0.05, 0) is 96.4 Å². The second kappa shape index (κ2) is 8.36. The van der Waals surface area contributed by atoms with Crippen LogP contribution in [0.4, 0.5) is 0 Å². The summed E-state index contributed by atoms with van der Waals surface area (Å²) in [6, 6.07) is 49.0. The zero-order valence-electron chi connectivity index (χ0n) is 24.6. The molecule has 1 heterocycles. The Morgan fingerprint density at radius 3 is 1.82 bits per heavy atom. The van der Waals surface area contributed by atoms with Crippen LogP contribution < -0.4 is 0 Å². The molecule has 1 heteroatoms. The van der Waals surface area contributed by atoms with E-state index >= 15 is 0 Å². The van der Waals surface area contributed by atoms with E-state index in [4.69, 9.17) is 4.42 Å². The fraction of sp³-hybridized carbons (Fsp3) is 0.0698. The van der Waals surface area contributed by atoms with E-state index in [2.05, 4.69) is 147 Å². The Labute approximate surface area is 256 Å². The maximum absolute atomic E-state index is 6.50. The summed E-state index contributed by atoms with van der Waals surface area (Å²) in [7, 11) is 0. The van der Waals surface area contributed by atoms with Crippen molar-refractivity contribution in [1.29, 1.82) is 0 Å². The van der Waals surface area contributed by atoms with Gasteiger partial charge < -0.3 is 4.42 Å². The Morgan fingerprint density at radius 2 is 1.05 bits per heavy atom. The van der Waals surface area contributed by atoms with Crippen LogP contribution in [0, 0.1) is 0 Å². The van der Waals surface area contributed by atoms with Crippen molar-refractivity contribution in [2.24, 2.45) is 0 Å². The number of hydrogen-bond donors (Lipinski definition) is 0. The molecule has 0 atom stereocenters. The predicted molar refractivity (Wildman–Crippen MR) is 184 cm³/mol. The van der Waals surface area contributed by atoms with Gasteiger partial charge in [0.25, 0.3) is 0 Å². The quantitative estimate of drug-likeness (QED) is 0.209. The largest absolute Gasteiger partial charge is 0.456 e. The SMILES string of the molecule is CC1(C)c2cc(-c3ccccc3-c3ccccc3-c3ccccc3)cc3c2-c2c1ccc1ccc4oc5cccc-3c5c4c21. The first kappa shape index (κ1) is 24.1. The summed E-state index contributed by atoms with van der Waals surface area (Å²) in [6.07, 6.45) is 0. The van der Waals surface area contributed by atoms with Gasteiger partial charge in [0.1, 0.15) is 11.2 Å². The number of furan rings is 1. The zero-order chi connectivity index (χ0) is 29.2. The number of rotatable bonds is 3. The lowest BCUT2D eigenvalue weighted by atomic mass is 9.79. The van der Waals surface area contributed by atoms with Crippen molar-refractivity contribution in [1.82, 2.24) is 0 Å². The molecular weight excluding hydrogens is 532 g/mol. The maximum Gasteiger partial charge on any atom is 0.136 e. The van der Waals surface area contributed by atoms with Gasteiger partial charge in [0, 0.05) is 21.6 Å². The van der Waals surface area contributed by atoms with Crippen LogP contribution >= 0.6 is 0 Å². The van der Waals surface area contributed by atoms with E-state index in [0.29, 0.717) is 0 Å². The summed E-state index contributed by atoms with van der Waals surface area (Å²) >= 11 is 0. The van der Waals surface area contributed by atoms with E-state index in [1.165, 1.54) is 88.3 Å². The lowest BCUT2D eigenvalue weighted by Crippen LogP contribution is -2.15. The molecule has 206 valence electrons. The van der Waals surface area contributed by atoms with Gasteiger partial charge in [-0.1, -0.05) is 123 Å². The molecule has 0 unspecified atom stereocenters. The summed E-state index contributed by atoms with van der Waals surface area (Å²) in [5, 5.41) is 5.10. The average Bonchev–Trinajstić information content (AvgIpc) is 3.52. The van der Waals surface area contributed by atoms with Crippen LogP contribution in [-0.4, -0.2) is 0 Å². The first-order valence-corrected chi connectivity index (χ1v) is 15.4. The Balaban J connectivity index is 1.32. The molecule has 0 amide bonds. The van der Waals surface area contributed by atoms with Crippen LogP contribution in [0.1, 0.15) is 25.0 Å². The van der Waals surface area contributed by atoms with Crippen molar-refractivity contribution in [3.05, 3.63) is 145 Å². The molecule has 44 heavy (non-hydrogen) atoms. The van der Waals surface area contributed by atoms with Crippen LogP contribution in [0.5, 0.6) is 0 Å². The molecule has 1 nitrogen and oxygen atoms in total. The van der Waals surface area contributed by atoms with E-state index in [-0.39, 0.29) is 5.41 Å². The second-order valence-corrected chi connectivity index (χ2v) is 12.8. The van der Waals surface area contributed by atoms with Gasteiger partial charge in [-0.15, -0.1) is 0 Å². The second-order valence-electron chi connectivity index (χ2n) is 12.8. The molecule has 7 aromatic carbocycles. The number of hydrogen-bond acceptors (Lipinski definition) is 1. The van der Waals surface area contributed by atoms with Crippen molar-refractivity contribution in [2.75, 3.05) is 0 Å². The van der Waals surface area contributed by atoms with Crippen molar-refractivity contribution in [3.8, 4) is 55.6 Å². The summed E-state index contributed by atoms with van der Waals surface area (Å²) in [5.74, 6) is 0. The van der Waals surface area contributed by atoms with Gasteiger partial charge in [0.15, 0.2) is 0 Å². The fourth-order valence-corrected chi connectivity index (χ4v) is 8.20. The molecule has 0 spiro atoms. The normalized spacial score (nSPS) is 13.9. The first-order valence-electron chi connectivity index (χ1n) is 15.4. The lowest BCUT2D eigenvalue weighted by Gasteiger charge is -2.24. The minimum atomic E-state index is -0.141. The summed E-state index contributed by atoms with van der Waals surface area (Å²) in [5.41, 5.74) is 17.4. The van der Waals surface area contributed by atoms with Gasteiger partial charge >= 0.3 is 0 Å². The third kappa shape index (κ3) is 2.99. The van der Waals surface area contributed by atoms with E-state index in [9.17, 15) is 0 Å². The minimum Gasteiger partial charge on any atom is -0.456 e. The molecule has 0 saturated carbocycles. The van der Waals surface area contributed by atoms with Gasteiger partial charge in [0.2, 0.25) is 0 Å². The highest BCUT2D eigenvalue weighted by Gasteiger charge is 2.40. The molecule has 2 aliphatic carbocycles. The van der Waals surface area contributed by atoms with E-state index in [0.717, 1.165) is 11.2 Å². The highest BCUT2D eigenvalue weighted by Crippen LogP contribution is 2.60. The molecule has 2 aliphatic rings. The minimum absolute atomic E-state index is 0.141. The average molecular weight is 561 g/mol. The lowest BCUT2D eigenvalue weighted by molar-refractivity contribution is 0.661. The molecule has 0 fully saturated rings. The maximum atomic E-state index is 6.50. The van der Waals surface area contributed by atoms with Crippen molar-refractivity contribution < 1.29 is 4.42 Å². The Kier molecular flexibility index (Phi) is 4.58. The van der Waals surface area contributed by atoms with Crippen molar-refractivity contribution >= 4 is 32.7 Å². The van der Waals surface area contributed by atoms with Crippen LogP contribution in [0.25, 0.3) is 88.3 Å². The van der Waals surface area contributed by atoms with Gasteiger partial charge in [0.05, 0.1) is 0 Å². The topological polar surface area (TPSA) is 13.1 Å². The summed E-state index contributed by atoms with van der Waals surface area (Å²) in [4.78, 5) is 0. The molecule has 0 saturated heterocycles. The fourth-order valence-electron chi connectivity index (χ4n) is 8.20. The van der Waals surface area contributed by atoms with Crippen molar-refractivity contribution in [2.45, 2.75) is 19.3 Å². The smallest absolute Gasteiger partial charge is 0.136 e. The summed E-state index contributed by atoms with van der Waals surface area (Å²) < 4.78 is 6.50. The highest BCUT2D eigenvalue weighted by atomic mass is 16.3. The summed E-state index contributed by atoms with van der Waals surface area (Å²) in [6.45, 7) is 4.79. The third-order valence-electron chi connectivity index (χ3n) is 10.2. The van der Waals surface area contributed by atoms with Crippen LogP contribution in [0.15, 0.2) is 138 Å². The Bertz CT molecular complexity index is 2510. The Morgan fingerprint density at radius 1 is 0.409 bits per heavy atom. The van der Waals surface area contributed by atoms with Crippen molar-refractivity contribution in [3.63, 3.8) is 0 Å². The van der Waals surface area contributed by atoms with Crippen LogP contribution in [-0.2, 0) is 5.41 Å². The molecule has 0 N–H and O–H groups in total. The molecule has 0 aliphatic heterocycles. The first-order chi connectivity index (χ1) is 21.6. The van der Waals surface area contributed by atoms with Gasteiger partial charge in [-0.25, -0.2) is 0 Å². The standard InChI is InChI=1S/C43H28O/c1-43(2)34-21-19-26-20-22-37-42-38(26)41(34)39-33(32-17-10-18-36(44-37)40(32)42)23-27(24-35(39)43)29-14-7-9-16-31(29)30-15-8-6-13-28(30)25-11-4-3-5-12-25/h3-24H,1-2H3. The third-order valence-corrected chi connectivity index (χ3v) is 10.2. The number of fused-ring (bicyclic) bond motifs is 1. The molecule has 0 radical (unpaired) electrons. The molecule has 0 bridgehead atoms.